The molecule has 1 saturated carbocycles. The van der Waals surface area contributed by atoms with Gasteiger partial charge in [-0.15, -0.1) is 0 Å². The lowest BCUT2D eigenvalue weighted by Gasteiger charge is -2.35. The van der Waals surface area contributed by atoms with Crippen LogP contribution in [-0.2, 0) is 20.9 Å². The second-order valence-corrected chi connectivity index (χ2v) is 9.33. The number of carbonyl (C=O) groups is 3. The van der Waals surface area contributed by atoms with E-state index in [2.05, 4.69) is 10.3 Å². The van der Waals surface area contributed by atoms with Gasteiger partial charge in [0.25, 0.3) is 5.56 Å². The highest BCUT2D eigenvalue weighted by Gasteiger charge is 2.33. The summed E-state index contributed by atoms with van der Waals surface area (Å²) in [5, 5.41) is 12.3. The SMILES string of the molecule is O=C(Cn1c(=O)[nH]c2ccccc2c1=O)NCC1CCC(C(=O)N2CCC(C(=O)O)CC2)CC1. The molecular weight excluding hydrogens is 440 g/mol. The quantitative estimate of drug-likeness (QED) is 0.574. The molecule has 1 aromatic carbocycles. The first-order valence-electron chi connectivity index (χ1n) is 11.8. The highest BCUT2D eigenvalue weighted by atomic mass is 16.4. The van der Waals surface area contributed by atoms with Crippen LogP contribution < -0.4 is 16.6 Å². The maximum atomic E-state index is 12.8. The van der Waals surface area contributed by atoms with Crippen LogP contribution in [0.5, 0.6) is 0 Å². The Kier molecular flexibility index (Phi) is 7.14. The molecule has 1 aliphatic heterocycles. The van der Waals surface area contributed by atoms with Crippen LogP contribution in [0.4, 0.5) is 0 Å². The maximum Gasteiger partial charge on any atom is 0.329 e. The number of aliphatic carboxylic acids is 1. The van der Waals surface area contributed by atoms with Crippen LogP contribution in [0.15, 0.2) is 33.9 Å². The van der Waals surface area contributed by atoms with Crippen molar-refractivity contribution >= 4 is 28.7 Å². The van der Waals surface area contributed by atoms with Crippen LogP contribution >= 0.6 is 0 Å². The van der Waals surface area contributed by atoms with Gasteiger partial charge in [0, 0.05) is 25.6 Å². The number of benzene rings is 1. The van der Waals surface area contributed by atoms with Gasteiger partial charge in [-0.3, -0.25) is 23.7 Å². The predicted molar refractivity (Wildman–Crippen MR) is 124 cm³/mol. The fourth-order valence-electron chi connectivity index (χ4n) is 5.02. The van der Waals surface area contributed by atoms with E-state index in [4.69, 9.17) is 5.11 Å². The van der Waals surface area contributed by atoms with Crippen LogP contribution in [0.2, 0.25) is 0 Å². The van der Waals surface area contributed by atoms with Crippen molar-refractivity contribution in [3.8, 4) is 0 Å². The van der Waals surface area contributed by atoms with E-state index in [1.807, 2.05) is 0 Å². The van der Waals surface area contributed by atoms with Crippen LogP contribution in [0, 0.1) is 17.8 Å². The molecule has 2 heterocycles. The molecule has 2 fully saturated rings. The molecule has 10 heteroatoms. The first-order chi connectivity index (χ1) is 16.3. The number of fused-ring (bicyclic) bond motifs is 1. The van der Waals surface area contributed by atoms with Crippen LogP contribution in [-0.4, -0.2) is 57.0 Å². The number of piperidine rings is 1. The number of rotatable bonds is 6. The number of H-pyrrole nitrogens is 1. The van der Waals surface area contributed by atoms with E-state index < -0.39 is 23.1 Å². The lowest BCUT2D eigenvalue weighted by Crippen LogP contribution is -2.44. The minimum Gasteiger partial charge on any atom is -0.481 e. The van der Waals surface area contributed by atoms with E-state index in [0.29, 0.717) is 43.4 Å². The molecule has 0 atom stereocenters. The number of nitrogens with one attached hydrogen (secondary N) is 2. The molecule has 2 aliphatic rings. The van der Waals surface area contributed by atoms with Crippen molar-refractivity contribution in [2.24, 2.45) is 17.8 Å². The summed E-state index contributed by atoms with van der Waals surface area (Å²) in [7, 11) is 0. The average molecular weight is 471 g/mol. The summed E-state index contributed by atoms with van der Waals surface area (Å²) >= 11 is 0. The summed E-state index contributed by atoms with van der Waals surface area (Å²) < 4.78 is 0.904. The topological polar surface area (TPSA) is 142 Å². The number of aromatic amines is 1. The van der Waals surface area contributed by atoms with Crippen molar-refractivity contribution in [1.29, 1.82) is 0 Å². The zero-order chi connectivity index (χ0) is 24.2. The monoisotopic (exact) mass is 470 g/mol. The molecular formula is C24H30N4O6. The van der Waals surface area contributed by atoms with E-state index in [0.717, 1.165) is 30.3 Å². The molecule has 10 nitrogen and oxygen atoms in total. The van der Waals surface area contributed by atoms with Gasteiger partial charge >= 0.3 is 11.7 Å². The summed E-state index contributed by atoms with van der Waals surface area (Å²) in [6, 6.07) is 6.67. The third-order valence-electron chi connectivity index (χ3n) is 7.13. The molecule has 2 aromatic rings. The normalized spacial score (nSPS) is 21.4. The van der Waals surface area contributed by atoms with Gasteiger partial charge in [0.15, 0.2) is 0 Å². The number of carboxylic acids is 1. The van der Waals surface area contributed by atoms with Gasteiger partial charge < -0.3 is 20.3 Å². The Morgan fingerprint density at radius 1 is 0.971 bits per heavy atom. The molecule has 0 radical (unpaired) electrons. The van der Waals surface area contributed by atoms with Crippen molar-refractivity contribution in [2.75, 3.05) is 19.6 Å². The Bertz CT molecular complexity index is 1190. The van der Waals surface area contributed by atoms with E-state index in [1.165, 1.54) is 0 Å². The number of carboxylic acid groups (broad SMARTS) is 1. The van der Waals surface area contributed by atoms with Crippen molar-refractivity contribution in [1.82, 2.24) is 19.8 Å². The molecule has 3 N–H and O–H groups in total. The minimum absolute atomic E-state index is 0.0527. The first-order valence-corrected chi connectivity index (χ1v) is 11.8. The van der Waals surface area contributed by atoms with Crippen LogP contribution in [0.1, 0.15) is 38.5 Å². The summed E-state index contributed by atoms with van der Waals surface area (Å²) in [5.74, 6) is -1.25. The van der Waals surface area contributed by atoms with E-state index in [9.17, 15) is 24.0 Å². The Balaban J connectivity index is 1.24. The summed E-state index contributed by atoms with van der Waals surface area (Å²) in [4.78, 5) is 65.6. The number of carbonyl (C=O) groups excluding carboxylic acids is 2. The number of para-hydroxylation sites is 1. The predicted octanol–water partition coefficient (Wildman–Crippen LogP) is 0.936. The Morgan fingerprint density at radius 2 is 1.65 bits per heavy atom. The van der Waals surface area contributed by atoms with Gasteiger partial charge in [-0.05, 0) is 56.6 Å². The third kappa shape index (κ3) is 5.21. The van der Waals surface area contributed by atoms with Crippen molar-refractivity contribution < 1.29 is 19.5 Å². The van der Waals surface area contributed by atoms with Gasteiger partial charge in [-0.2, -0.15) is 0 Å². The Morgan fingerprint density at radius 3 is 2.32 bits per heavy atom. The molecule has 182 valence electrons. The second-order valence-electron chi connectivity index (χ2n) is 9.33. The highest BCUT2D eigenvalue weighted by Crippen LogP contribution is 2.31. The molecule has 0 bridgehead atoms. The zero-order valence-corrected chi connectivity index (χ0v) is 19.0. The van der Waals surface area contributed by atoms with Gasteiger partial charge in [0.1, 0.15) is 6.54 Å². The largest absolute Gasteiger partial charge is 0.481 e. The van der Waals surface area contributed by atoms with Gasteiger partial charge in [-0.25, -0.2) is 4.79 Å². The van der Waals surface area contributed by atoms with Gasteiger partial charge in [-0.1, -0.05) is 12.1 Å². The number of hydrogen-bond acceptors (Lipinski definition) is 5. The van der Waals surface area contributed by atoms with E-state index >= 15 is 0 Å². The zero-order valence-electron chi connectivity index (χ0n) is 19.0. The summed E-state index contributed by atoms with van der Waals surface area (Å²) in [6.45, 7) is 1.08. The number of aromatic nitrogens is 2. The fourth-order valence-corrected chi connectivity index (χ4v) is 5.02. The molecule has 34 heavy (non-hydrogen) atoms. The maximum absolute atomic E-state index is 12.8. The number of hydrogen-bond donors (Lipinski definition) is 3. The Hall–Kier alpha value is -3.43. The lowest BCUT2D eigenvalue weighted by atomic mass is 9.81. The van der Waals surface area contributed by atoms with Gasteiger partial charge in [0.2, 0.25) is 11.8 Å². The standard InChI is InChI=1S/C24H30N4O6/c29-20(14-28-22(31)18-3-1-2-4-19(18)26-24(28)34)25-13-15-5-7-16(8-6-15)21(30)27-11-9-17(10-12-27)23(32)33/h1-4,15-17H,5-14H2,(H,25,29)(H,26,34)(H,32,33). The smallest absolute Gasteiger partial charge is 0.329 e. The molecule has 0 unspecified atom stereocenters. The molecule has 4 rings (SSSR count). The highest BCUT2D eigenvalue weighted by molar-refractivity contribution is 5.80. The molecule has 0 spiro atoms. The van der Waals surface area contributed by atoms with E-state index in [-0.39, 0.29) is 30.2 Å². The number of amides is 2. The van der Waals surface area contributed by atoms with Crippen molar-refractivity contribution in [2.45, 2.75) is 45.1 Å². The minimum atomic E-state index is -0.787. The number of nitrogens with zero attached hydrogens (tertiary/aromatic N) is 2. The summed E-state index contributed by atoms with van der Waals surface area (Å²) in [6.07, 6.45) is 4.10. The fraction of sp³-hybridized carbons (Fsp3) is 0.542. The summed E-state index contributed by atoms with van der Waals surface area (Å²) in [5.41, 5.74) is -0.683. The second kappa shape index (κ2) is 10.2. The lowest BCUT2D eigenvalue weighted by molar-refractivity contribution is -0.147. The molecule has 2 amide bonds. The average Bonchev–Trinajstić information content (AvgIpc) is 2.85. The molecule has 1 aromatic heterocycles. The van der Waals surface area contributed by atoms with Crippen LogP contribution in [0.3, 0.4) is 0 Å². The molecule has 1 aliphatic carbocycles. The van der Waals surface area contributed by atoms with Gasteiger partial charge in [0.05, 0.1) is 16.8 Å². The van der Waals surface area contributed by atoms with Crippen LogP contribution in [0.25, 0.3) is 10.9 Å². The molecule has 1 saturated heterocycles. The van der Waals surface area contributed by atoms with Crippen molar-refractivity contribution in [3.05, 3.63) is 45.1 Å². The first kappa shape index (κ1) is 23.7. The third-order valence-corrected chi connectivity index (χ3v) is 7.13. The van der Waals surface area contributed by atoms with Crippen molar-refractivity contribution in [3.63, 3.8) is 0 Å². The number of likely N-dealkylation sites (tertiary alicyclic amines) is 1. The Labute approximate surface area is 196 Å². The van der Waals surface area contributed by atoms with E-state index in [1.54, 1.807) is 29.2 Å².